The number of benzene rings is 1. The largest absolute Gasteiger partial charge is 0.480 e. The number of hydrogen-bond donors (Lipinski definition) is 3. The number of anilines is 1. The van der Waals surface area contributed by atoms with Crippen LogP contribution in [0.5, 0.6) is 0 Å². The van der Waals surface area contributed by atoms with E-state index in [0.717, 1.165) is 16.9 Å². The van der Waals surface area contributed by atoms with Gasteiger partial charge in [-0.05, 0) is 50.5 Å². The summed E-state index contributed by atoms with van der Waals surface area (Å²) >= 11 is 1.53. The molecule has 0 radical (unpaired) electrons. The first-order valence-electron chi connectivity index (χ1n) is 7.45. The molecule has 2 aromatic rings. The molecule has 0 fully saturated rings. The molecule has 8 heteroatoms. The van der Waals surface area contributed by atoms with Gasteiger partial charge in [-0.3, -0.25) is 0 Å². The molecular weight excluding hydrogens is 328 g/mol. The molecule has 1 heterocycles. The Morgan fingerprint density at radius 2 is 1.88 bits per heavy atom. The van der Waals surface area contributed by atoms with Crippen LogP contribution in [0.25, 0.3) is 11.0 Å². The summed E-state index contributed by atoms with van der Waals surface area (Å²) in [4.78, 5) is 32.1. The number of amides is 2. The van der Waals surface area contributed by atoms with Crippen molar-refractivity contribution in [3.63, 3.8) is 0 Å². The van der Waals surface area contributed by atoms with Crippen molar-refractivity contribution in [2.75, 3.05) is 17.3 Å². The first kappa shape index (κ1) is 18.0. The Labute approximate surface area is 144 Å². The zero-order valence-corrected chi connectivity index (χ0v) is 14.6. The van der Waals surface area contributed by atoms with Crippen LogP contribution in [0.15, 0.2) is 18.2 Å². The zero-order chi connectivity index (χ0) is 17.7. The molecule has 0 aliphatic carbocycles. The number of aryl methyl sites for hydroxylation is 2. The Hall–Kier alpha value is -2.35. The van der Waals surface area contributed by atoms with E-state index in [1.54, 1.807) is 18.2 Å². The van der Waals surface area contributed by atoms with Crippen LogP contribution in [0.1, 0.15) is 17.8 Å². The van der Waals surface area contributed by atoms with Crippen LogP contribution < -0.4 is 10.6 Å². The number of urea groups is 1. The van der Waals surface area contributed by atoms with Crippen LogP contribution in [0.2, 0.25) is 0 Å². The van der Waals surface area contributed by atoms with Gasteiger partial charge in [0, 0.05) is 5.69 Å². The molecule has 2 rings (SSSR count). The van der Waals surface area contributed by atoms with Crippen LogP contribution in [-0.4, -0.2) is 45.1 Å². The maximum atomic E-state index is 12.0. The molecule has 1 unspecified atom stereocenters. The number of carboxylic acid groups (broad SMARTS) is 1. The number of rotatable bonds is 6. The Bertz CT molecular complexity index is 766. The summed E-state index contributed by atoms with van der Waals surface area (Å²) in [6.45, 7) is 3.76. The lowest BCUT2D eigenvalue weighted by molar-refractivity contribution is -0.139. The van der Waals surface area contributed by atoms with Crippen LogP contribution >= 0.6 is 11.8 Å². The number of carbonyl (C=O) groups is 2. The molecule has 3 N–H and O–H groups in total. The molecule has 0 saturated heterocycles. The predicted octanol–water partition coefficient (Wildman–Crippen LogP) is 2.57. The van der Waals surface area contributed by atoms with E-state index in [-0.39, 0.29) is 0 Å². The summed E-state index contributed by atoms with van der Waals surface area (Å²) in [7, 11) is 0. The van der Waals surface area contributed by atoms with Gasteiger partial charge in [0.05, 0.1) is 22.4 Å². The molecule has 128 valence electrons. The Balaban J connectivity index is 2.09. The lowest BCUT2D eigenvalue weighted by Crippen LogP contribution is -2.43. The molecule has 0 bridgehead atoms. The highest BCUT2D eigenvalue weighted by Gasteiger charge is 2.19. The number of carbonyl (C=O) groups excluding carboxylic acids is 1. The van der Waals surface area contributed by atoms with Gasteiger partial charge in [0.1, 0.15) is 6.04 Å². The van der Waals surface area contributed by atoms with E-state index in [2.05, 4.69) is 20.6 Å². The SMILES string of the molecule is CSCCC(NC(=O)Nc1ccc2nc(C)c(C)nc2c1)C(=O)O. The third kappa shape index (κ3) is 4.58. The van der Waals surface area contributed by atoms with Crippen molar-refractivity contribution in [2.45, 2.75) is 26.3 Å². The quantitative estimate of drug-likeness (QED) is 0.741. The van der Waals surface area contributed by atoms with Gasteiger partial charge >= 0.3 is 12.0 Å². The minimum Gasteiger partial charge on any atom is -0.480 e. The predicted molar refractivity (Wildman–Crippen MR) is 95.6 cm³/mol. The van der Waals surface area contributed by atoms with E-state index in [1.807, 2.05) is 20.1 Å². The molecule has 1 aromatic heterocycles. The van der Waals surface area contributed by atoms with Crippen molar-refractivity contribution in [3.05, 3.63) is 29.6 Å². The van der Waals surface area contributed by atoms with E-state index in [1.165, 1.54) is 11.8 Å². The highest BCUT2D eigenvalue weighted by atomic mass is 32.2. The van der Waals surface area contributed by atoms with Crippen LogP contribution in [0.4, 0.5) is 10.5 Å². The number of carboxylic acids is 1. The molecule has 0 saturated carbocycles. The van der Waals surface area contributed by atoms with Gasteiger partial charge in [0.2, 0.25) is 0 Å². The number of nitrogens with one attached hydrogen (secondary N) is 2. The molecule has 7 nitrogen and oxygen atoms in total. The summed E-state index contributed by atoms with van der Waals surface area (Å²) in [5.74, 6) is -0.392. The van der Waals surface area contributed by atoms with E-state index in [0.29, 0.717) is 23.4 Å². The fraction of sp³-hybridized carbons (Fsp3) is 0.375. The molecule has 0 aliphatic heterocycles. The average Bonchev–Trinajstić information content (AvgIpc) is 2.52. The Kier molecular flexibility index (Phi) is 5.97. The molecule has 1 atom stereocenters. The van der Waals surface area contributed by atoms with Gasteiger partial charge in [-0.2, -0.15) is 11.8 Å². The number of fused-ring (bicyclic) bond motifs is 1. The molecule has 0 spiro atoms. The van der Waals surface area contributed by atoms with Gasteiger partial charge in [0.15, 0.2) is 0 Å². The highest BCUT2D eigenvalue weighted by molar-refractivity contribution is 7.98. The fourth-order valence-electron chi connectivity index (χ4n) is 2.13. The molecule has 24 heavy (non-hydrogen) atoms. The maximum absolute atomic E-state index is 12.0. The van der Waals surface area contributed by atoms with Gasteiger partial charge in [0.25, 0.3) is 0 Å². The normalized spacial score (nSPS) is 12.0. The summed E-state index contributed by atoms with van der Waals surface area (Å²) in [6, 6.07) is 3.73. The number of nitrogens with zero attached hydrogens (tertiary/aromatic N) is 2. The smallest absolute Gasteiger partial charge is 0.326 e. The third-order valence-corrected chi connectivity index (χ3v) is 4.19. The van der Waals surface area contributed by atoms with E-state index in [9.17, 15) is 9.59 Å². The molecule has 1 aromatic carbocycles. The van der Waals surface area contributed by atoms with Crippen molar-refractivity contribution in [2.24, 2.45) is 0 Å². The number of aliphatic carboxylic acids is 1. The third-order valence-electron chi connectivity index (χ3n) is 3.55. The summed E-state index contributed by atoms with van der Waals surface area (Å²) in [5.41, 5.74) is 3.64. The maximum Gasteiger partial charge on any atom is 0.326 e. The number of hydrogen-bond acceptors (Lipinski definition) is 5. The summed E-state index contributed by atoms with van der Waals surface area (Å²) < 4.78 is 0. The molecular formula is C16H20N4O3S. The van der Waals surface area contributed by atoms with E-state index < -0.39 is 18.0 Å². The second-order valence-electron chi connectivity index (χ2n) is 5.37. The van der Waals surface area contributed by atoms with Crippen molar-refractivity contribution < 1.29 is 14.7 Å². The van der Waals surface area contributed by atoms with Crippen LogP contribution in [0.3, 0.4) is 0 Å². The topological polar surface area (TPSA) is 104 Å². The zero-order valence-electron chi connectivity index (χ0n) is 13.8. The van der Waals surface area contributed by atoms with Crippen molar-refractivity contribution in [1.29, 1.82) is 0 Å². The highest BCUT2D eigenvalue weighted by Crippen LogP contribution is 2.17. The van der Waals surface area contributed by atoms with Crippen molar-refractivity contribution >= 4 is 40.5 Å². The lowest BCUT2D eigenvalue weighted by Gasteiger charge is -2.15. The second-order valence-corrected chi connectivity index (χ2v) is 6.35. The summed E-state index contributed by atoms with van der Waals surface area (Å²) in [5, 5.41) is 14.3. The molecule has 2 amide bonds. The monoisotopic (exact) mass is 348 g/mol. The van der Waals surface area contributed by atoms with Crippen molar-refractivity contribution in [3.8, 4) is 0 Å². The standard InChI is InChI=1S/C16H20N4O3S/c1-9-10(2)18-14-8-11(4-5-12(14)17-9)19-16(23)20-13(15(21)22)6-7-24-3/h4-5,8,13H,6-7H2,1-3H3,(H,21,22)(H2,19,20,23). The fourth-order valence-corrected chi connectivity index (χ4v) is 2.60. The van der Waals surface area contributed by atoms with Crippen molar-refractivity contribution in [1.82, 2.24) is 15.3 Å². The van der Waals surface area contributed by atoms with Crippen LogP contribution in [-0.2, 0) is 4.79 Å². The van der Waals surface area contributed by atoms with Gasteiger partial charge in [-0.25, -0.2) is 19.6 Å². The average molecular weight is 348 g/mol. The van der Waals surface area contributed by atoms with E-state index >= 15 is 0 Å². The number of thioether (sulfide) groups is 1. The Morgan fingerprint density at radius 1 is 1.21 bits per heavy atom. The van der Waals surface area contributed by atoms with Gasteiger partial charge in [-0.1, -0.05) is 0 Å². The first-order chi connectivity index (χ1) is 11.4. The van der Waals surface area contributed by atoms with Gasteiger partial charge in [-0.15, -0.1) is 0 Å². The number of aromatic nitrogens is 2. The summed E-state index contributed by atoms with van der Waals surface area (Å²) in [6.07, 6.45) is 2.25. The van der Waals surface area contributed by atoms with E-state index in [4.69, 9.17) is 5.11 Å². The second kappa shape index (κ2) is 7.96. The Morgan fingerprint density at radius 3 is 2.50 bits per heavy atom. The first-order valence-corrected chi connectivity index (χ1v) is 8.84. The molecule has 0 aliphatic rings. The van der Waals surface area contributed by atoms with Crippen LogP contribution in [0, 0.1) is 13.8 Å². The van der Waals surface area contributed by atoms with Gasteiger partial charge < -0.3 is 15.7 Å². The minimum atomic E-state index is -1.05. The lowest BCUT2D eigenvalue weighted by atomic mass is 10.2. The minimum absolute atomic E-state index is 0.367.